The fourth-order valence-corrected chi connectivity index (χ4v) is 4.50. The largest absolute Gasteiger partial charge is 0.457 e. The zero-order valence-electron chi connectivity index (χ0n) is 14.5. The molecule has 1 aliphatic heterocycles. The quantitative estimate of drug-likeness (QED) is 0.787. The molecule has 0 bridgehead atoms. The number of anilines is 1. The maximum Gasteiger partial charge on any atom is 0.338 e. The molecule has 0 N–H and O–H groups in total. The number of carbonyl (C=O) groups is 1. The normalized spacial score (nSPS) is 16.6. The second-order valence-electron chi connectivity index (χ2n) is 6.46. The molecule has 0 aliphatic carbocycles. The number of rotatable bonds is 4. The van der Waals surface area contributed by atoms with Gasteiger partial charge in [0.2, 0.25) is 10.0 Å². The Morgan fingerprint density at radius 2 is 1.96 bits per heavy atom. The molecule has 5 nitrogen and oxygen atoms in total. The number of hydrogen-bond acceptors (Lipinski definition) is 4. The molecule has 2 aromatic rings. The summed E-state index contributed by atoms with van der Waals surface area (Å²) in [5, 5.41) is 0. The molecular weight excluding hydrogens is 338 g/mol. The van der Waals surface area contributed by atoms with Gasteiger partial charge in [-0.1, -0.05) is 24.3 Å². The fraction of sp³-hybridized carbons (Fsp3) is 0.316. The monoisotopic (exact) mass is 359 g/mol. The third-order valence-electron chi connectivity index (χ3n) is 4.45. The van der Waals surface area contributed by atoms with Crippen LogP contribution in [-0.2, 0) is 27.8 Å². The number of sulfonamides is 1. The SMILES string of the molecule is Cc1ccccc1COC(=O)c1ccc2c(c1)CC(C)N2S(C)(=O)=O. The van der Waals surface area contributed by atoms with Crippen LogP contribution in [0.4, 0.5) is 5.69 Å². The molecule has 3 rings (SSSR count). The molecule has 0 fully saturated rings. The minimum absolute atomic E-state index is 0.150. The summed E-state index contributed by atoms with van der Waals surface area (Å²) < 4.78 is 30.7. The van der Waals surface area contributed by atoms with E-state index < -0.39 is 16.0 Å². The summed E-state index contributed by atoms with van der Waals surface area (Å²) in [7, 11) is -3.33. The highest BCUT2D eigenvalue weighted by Gasteiger charge is 2.32. The molecule has 0 saturated heterocycles. The molecule has 1 atom stereocenters. The molecular formula is C19H21NO4S. The topological polar surface area (TPSA) is 63.7 Å². The number of ether oxygens (including phenoxy) is 1. The van der Waals surface area contributed by atoms with E-state index in [4.69, 9.17) is 4.74 Å². The minimum Gasteiger partial charge on any atom is -0.457 e. The first-order chi connectivity index (χ1) is 11.8. The smallest absolute Gasteiger partial charge is 0.338 e. The lowest BCUT2D eigenvalue weighted by Crippen LogP contribution is -2.34. The van der Waals surface area contributed by atoms with Crippen molar-refractivity contribution < 1.29 is 17.9 Å². The molecule has 1 unspecified atom stereocenters. The number of nitrogens with zero attached hydrogens (tertiary/aromatic N) is 1. The first-order valence-electron chi connectivity index (χ1n) is 8.11. The summed E-state index contributed by atoms with van der Waals surface area (Å²) in [6.45, 7) is 4.05. The summed E-state index contributed by atoms with van der Waals surface area (Å²) in [6.07, 6.45) is 1.78. The predicted octanol–water partition coefficient (Wildman–Crippen LogP) is 3.06. The van der Waals surface area contributed by atoms with E-state index >= 15 is 0 Å². The van der Waals surface area contributed by atoms with Crippen LogP contribution < -0.4 is 4.31 Å². The Morgan fingerprint density at radius 3 is 2.64 bits per heavy atom. The Balaban J connectivity index is 1.78. The first kappa shape index (κ1) is 17.5. The van der Waals surface area contributed by atoms with Gasteiger partial charge in [-0.2, -0.15) is 0 Å². The third kappa shape index (κ3) is 3.54. The lowest BCUT2D eigenvalue weighted by atomic mass is 10.1. The zero-order valence-corrected chi connectivity index (χ0v) is 15.3. The Labute approximate surface area is 148 Å². The molecule has 2 aromatic carbocycles. The van der Waals surface area contributed by atoms with Gasteiger partial charge >= 0.3 is 5.97 Å². The first-order valence-corrected chi connectivity index (χ1v) is 9.96. The molecule has 0 spiro atoms. The number of benzene rings is 2. The van der Waals surface area contributed by atoms with E-state index in [0.29, 0.717) is 17.7 Å². The average Bonchev–Trinajstić information content (AvgIpc) is 2.88. The van der Waals surface area contributed by atoms with E-state index in [1.165, 1.54) is 10.6 Å². The maximum absolute atomic E-state index is 12.3. The van der Waals surface area contributed by atoms with Crippen molar-refractivity contribution >= 4 is 21.7 Å². The van der Waals surface area contributed by atoms with Crippen molar-refractivity contribution in [2.24, 2.45) is 0 Å². The Kier molecular flexibility index (Phi) is 4.56. The third-order valence-corrected chi connectivity index (χ3v) is 5.72. The molecule has 0 radical (unpaired) electrons. The van der Waals surface area contributed by atoms with Gasteiger partial charge in [-0.3, -0.25) is 4.31 Å². The number of carbonyl (C=O) groups excluding carboxylic acids is 1. The zero-order chi connectivity index (χ0) is 18.2. The molecule has 1 aliphatic rings. The highest BCUT2D eigenvalue weighted by Crippen LogP contribution is 2.34. The van der Waals surface area contributed by atoms with Gasteiger partial charge < -0.3 is 4.74 Å². The lowest BCUT2D eigenvalue weighted by molar-refractivity contribution is 0.0472. The van der Waals surface area contributed by atoms with Gasteiger partial charge in [0.15, 0.2) is 0 Å². The second-order valence-corrected chi connectivity index (χ2v) is 8.32. The van der Waals surface area contributed by atoms with Gasteiger partial charge in [-0.05, 0) is 55.2 Å². The van der Waals surface area contributed by atoms with Crippen molar-refractivity contribution in [3.8, 4) is 0 Å². The number of hydrogen-bond donors (Lipinski definition) is 0. The van der Waals surface area contributed by atoms with E-state index in [1.807, 2.05) is 38.1 Å². The lowest BCUT2D eigenvalue weighted by Gasteiger charge is -2.21. The number of aryl methyl sites for hydroxylation is 1. The predicted molar refractivity (Wildman–Crippen MR) is 97.2 cm³/mol. The van der Waals surface area contributed by atoms with Crippen molar-refractivity contribution in [1.82, 2.24) is 0 Å². The minimum atomic E-state index is -3.33. The highest BCUT2D eigenvalue weighted by atomic mass is 32.2. The Bertz CT molecular complexity index is 921. The van der Waals surface area contributed by atoms with Crippen LogP contribution in [0.2, 0.25) is 0 Å². The standard InChI is InChI=1S/C19H21NO4S/c1-13-6-4-5-7-16(13)12-24-19(21)15-8-9-18-17(11-15)10-14(2)20(18)25(3,22)23/h4-9,11,14H,10,12H2,1-3H3. The van der Waals surface area contributed by atoms with E-state index in [2.05, 4.69) is 0 Å². The van der Waals surface area contributed by atoms with Crippen LogP contribution in [0.25, 0.3) is 0 Å². The van der Waals surface area contributed by atoms with Crippen LogP contribution in [0.5, 0.6) is 0 Å². The van der Waals surface area contributed by atoms with Gasteiger partial charge in [0, 0.05) is 6.04 Å². The molecule has 6 heteroatoms. The van der Waals surface area contributed by atoms with Crippen LogP contribution in [-0.4, -0.2) is 26.7 Å². The van der Waals surface area contributed by atoms with Crippen LogP contribution in [0.3, 0.4) is 0 Å². The molecule has 0 saturated carbocycles. The van der Waals surface area contributed by atoms with Crippen molar-refractivity contribution in [2.75, 3.05) is 10.6 Å². The summed E-state index contributed by atoms with van der Waals surface area (Å²) in [5.41, 5.74) is 3.97. The van der Waals surface area contributed by atoms with Gasteiger partial charge in [0.25, 0.3) is 0 Å². The van der Waals surface area contributed by atoms with Crippen molar-refractivity contribution in [3.63, 3.8) is 0 Å². The molecule has 132 valence electrons. The maximum atomic E-state index is 12.3. The van der Waals surface area contributed by atoms with Crippen molar-refractivity contribution in [1.29, 1.82) is 0 Å². The number of esters is 1. The molecule has 0 aromatic heterocycles. The number of fused-ring (bicyclic) bond motifs is 1. The molecule has 1 heterocycles. The van der Waals surface area contributed by atoms with E-state index in [0.717, 1.165) is 16.7 Å². The Hall–Kier alpha value is -2.34. The van der Waals surface area contributed by atoms with Gasteiger partial charge in [0.05, 0.1) is 17.5 Å². The summed E-state index contributed by atoms with van der Waals surface area (Å²) >= 11 is 0. The van der Waals surface area contributed by atoms with Gasteiger partial charge in [-0.25, -0.2) is 13.2 Å². The summed E-state index contributed by atoms with van der Waals surface area (Å²) in [6, 6.07) is 12.6. The van der Waals surface area contributed by atoms with Crippen LogP contribution in [0.15, 0.2) is 42.5 Å². The van der Waals surface area contributed by atoms with Crippen molar-refractivity contribution in [2.45, 2.75) is 32.9 Å². The van der Waals surface area contributed by atoms with E-state index in [1.54, 1.807) is 18.2 Å². The van der Waals surface area contributed by atoms with Gasteiger partial charge in [-0.15, -0.1) is 0 Å². The van der Waals surface area contributed by atoms with Crippen LogP contribution >= 0.6 is 0 Å². The van der Waals surface area contributed by atoms with Crippen molar-refractivity contribution in [3.05, 3.63) is 64.7 Å². The van der Waals surface area contributed by atoms with Crippen LogP contribution in [0, 0.1) is 6.92 Å². The van der Waals surface area contributed by atoms with E-state index in [9.17, 15) is 13.2 Å². The summed E-state index contributed by atoms with van der Waals surface area (Å²) in [4.78, 5) is 12.3. The van der Waals surface area contributed by atoms with Crippen LogP contribution in [0.1, 0.15) is 34.0 Å². The molecule has 0 amide bonds. The van der Waals surface area contributed by atoms with E-state index in [-0.39, 0.29) is 12.6 Å². The summed E-state index contributed by atoms with van der Waals surface area (Å²) in [5.74, 6) is -0.406. The fourth-order valence-electron chi connectivity index (χ4n) is 3.23. The highest BCUT2D eigenvalue weighted by molar-refractivity contribution is 7.92. The van der Waals surface area contributed by atoms with Gasteiger partial charge in [0.1, 0.15) is 6.61 Å². The second kappa shape index (κ2) is 6.52. The average molecular weight is 359 g/mol. The Morgan fingerprint density at radius 1 is 1.24 bits per heavy atom. The molecule has 25 heavy (non-hydrogen) atoms.